The molecule has 4 rings (SSSR count). The van der Waals surface area contributed by atoms with Crippen molar-refractivity contribution in [2.75, 3.05) is 25.0 Å². The van der Waals surface area contributed by atoms with Crippen molar-refractivity contribution in [2.24, 2.45) is 0 Å². The lowest BCUT2D eigenvalue weighted by atomic mass is 10.0. The fourth-order valence-corrected chi connectivity index (χ4v) is 6.03. The number of hydrogen-bond acceptors (Lipinski definition) is 7. The third-order valence-electron chi connectivity index (χ3n) is 5.96. The van der Waals surface area contributed by atoms with Gasteiger partial charge >= 0.3 is 5.97 Å². The lowest BCUT2D eigenvalue weighted by molar-refractivity contribution is -0.119. The molecule has 3 aromatic rings. The number of benzene rings is 3. The second-order valence-corrected chi connectivity index (χ2v) is 11.5. The zero-order chi connectivity index (χ0) is 28.2. The SMILES string of the molecule is CC1CN(S(=O)(=O)c2cccc(C(=O)OCC(=O)Nc3ccc(Cl)cc3C(=O)c3ccccc3)c2)CC(C)O1. The van der Waals surface area contributed by atoms with Crippen molar-refractivity contribution in [1.82, 2.24) is 4.31 Å². The van der Waals surface area contributed by atoms with Crippen molar-refractivity contribution in [3.8, 4) is 0 Å². The second kappa shape index (κ2) is 12.1. The zero-order valence-corrected chi connectivity index (χ0v) is 22.9. The monoisotopic (exact) mass is 570 g/mol. The molecular formula is C28H27ClN2O7S. The molecule has 1 heterocycles. The Labute approximate surface area is 231 Å². The summed E-state index contributed by atoms with van der Waals surface area (Å²) < 4.78 is 38.4. The third-order valence-corrected chi connectivity index (χ3v) is 8.03. The van der Waals surface area contributed by atoms with Gasteiger partial charge in [-0.25, -0.2) is 13.2 Å². The Morgan fingerprint density at radius 1 is 0.949 bits per heavy atom. The summed E-state index contributed by atoms with van der Waals surface area (Å²) in [6.45, 7) is 3.32. The van der Waals surface area contributed by atoms with Crippen LogP contribution < -0.4 is 5.32 Å². The highest BCUT2D eigenvalue weighted by Gasteiger charge is 2.32. The van der Waals surface area contributed by atoms with Gasteiger partial charge in [-0.2, -0.15) is 4.31 Å². The summed E-state index contributed by atoms with van der Waals surface area (Å²) in [5, 5.41) is 2.89. The van der Waals surface area contributed by atoms with Gasteiger partial charge < -0.3 is 14.8 Å². The molecule has 1 saturated heterocycles. The van der Waals surface area contributed by atoms with Crippen molar-refractivity contribution >= 4 is 45.0 Å². The van der Waals surface area contributed by atoms with Crippen LogP contribution in [-0.4, -0.2) is 62.3 Å². The van der Waals surface area contributed by atoms with E-state index in [2.05, 4.69) is 5.32 Å². The van der Waals surface area contributed by atoms with Crippen LogP contribution in [0.1, 0.15) is 40.1 Å². The average Bonchev–Trinajstić information content (AvgIpc) is 2.92. The highest BCUT2D eigenvalue weighted by molar-refractivity contribution is 7.89. The molecule has 1 amide bonds. The number of sulfonamides is 1. The minimum Gasteiger partial charge on any atom is -0.452 e. The summed E-state index contributed by atoms with van der Waals surface area (Å²) in [5.74, 6) is -1.90. The summed E-state index contributed by atoms with van der Waals surface area (Å²) in [7, 11) is -3.87. The van der Waals surface area contributed by atoms with E-state index in [-0.39, 0.29) is 52.8 Å². The molecule has 0 aromatic heterocycles. The minimum absolute atomic E-state index is 0.0235. The normalized spacial score (nSPS) is 17.8. The van der Waals surface area contributed by atoms with Crippen LogP contribution >= 0.6 is 11.6 Å². The summed E-state index contributed by atoms with van der Waals surface area (Å²) in [6, 6.07) is 18.4. The molecule has 204 valence electrons. The van der Waals surface area contributed by atoms with E-state index in [1.807, 2.05) is 0 Å². The predicted molar refractivity (Wildman–Crippen MR) is 145 cm³/mol. The average molecular weight is 571 g/mol. The van der Waals surface area contributed by atoms with Crippen molar-refractivity contribution in [3.05, 3.63) is 94.5 Å². The Morgan fingerprint density at radius 3 is 2.31 bits per heavy atom. The van der Waals surface area contributed by atoms with Gasteiger partial charge in [0.1, 0.15) is 0 Å². The van der Waals surface area contributed by atoms with Gasteiger partial charge in [0.25, 0.3) is 5.91 Å². The van der Waals surface area contributed by atoms with Gasteiger partial charge in [-0.1, -0.05) is 48.0 Å². The van der Waals surface area contributed by atoms with Gasteiger partial charge in [-0.15, -0.1) is 0 Å². The first-order valence-corrected chi connectivity index (χ1v) is 14.0. The summed E-state index contributed by atoms with van der Waals surface area (Å²) in [4.78, 5) is 38.2. The molecule has 0 radical (unpaired) electrons. The number of nitrogens with one attached hydrogen (secondary N) is 1. The highest BCUT2D eigenvalue weighted by atomic mass is 35.5. The van der Waals surface area contributed by atoms with E-state index in [1.54, 1.807) is 44.2 Å². The number of morpholine rings is 1. The molecule has 0 saturated carbocycles. The number of anilines is 1. The summed E-state index contributed by atoms with van der Waals surface area (Å²) in [5.41, 5.74) is 0.775. The molecule has 3 aromatic carbocycles. The van der Waals surface area contributed by atoms with Crippen LogP contribution in [0.15, 0.2) is 77.7 Å². The Morgan fingerprint density at radius 2 is 1.62 bits per heavy atom. The first kappa shape index (κ1) is 28.4. The number of amides is 1. The first-order valence-electron chi connectivity index (χ1n) is 12.2. The van der Waals surface area contributed by atoms with E-state index in [0.29, 0.717) is 10.6 Å². The van der Waals surface area contributed by atoms with Crippen LogP contribution in [0.2, 0.25) is 5.02 Å². The standard InChI is InChI=1S/C28H27ClN2O7S/c1-18-15-31(16-19(2)38-18)39(35,36)23-10-6-9-21(13-23)28(34)37-17-26(32)30-25-12-11-22(29)14-24(25)27(33)20-7-4-3-5-8-20/h3-14,18-19H,15-17H2,1-2H3,(H,30,32). The predicted octanol–water partition coefficient (Wildman–Crippen LogP) is 4.16. The molecule has 39 heavy (non-hydrogen) atoms. The molecule has 9 nitrogen and oxygen atoms in total. The Balaban J connectivity index is 1.43. The fraction of sp³-hybridized carbons (Fsp3) is 0.250. The fourth-order valence-electron chi connectivity index (χ4n) is 4.22. The van der Waals surface area contributed by atoms with Crippen LogP contribution in [0.5, 0.6) is 0 Å². The van der Waals surface area contributed by atoms with Gasteiger partial charge in [0, 0.05) is 29.2 Å². The third kappa shape index (κ3) is 6.90. The summed E-state index contributed by atoms with van der Waals surface area (Å²) >= 11 is 6.08. The molecule has 1 aliphatic rings. The van der Waals surface area contributed by atoms with Gasteiger partial charge in [-0.3, -0.25) is 9.59 Å². The highest BCUT2D eigenvalue weighted by Crippen LogP contribution is 2.25. The quantitative estimate of drug-likeness (QED) is 0.319. The molecule has 0 aliphatic carbocycles. The maximum Gasteiger partial charge on any atom is 0.338 e. The van der Waals surface area contributed by atoms with Crippen LogP contribution in [0.3, 0.4) is 0 Å². The smallest absolute Gasteiger partial charge is 0.338 e. The number of halogens is 1. The molecule has 2 atom stereocenters. The molecule has 0 bridgehead atoms. The van der Waals surface area contributed by atoms with Crippen LogP contribution in [-0.2, 0) is 24.3 Å². The zero-order valence-electron chi connectivity index (χ0n) is 21.3. The van der Waals surface area contributed by atoms with Gasteiger partial charge in [0.15, 0.2) is 12.4 Å². The molecule has 2 unspecified atom stereocenters. The number of carbonyl (C=O) groups is 3. The molecular weight excluding hydrogens is 544 g/mol. The molecule has 11 heteroatoms. The van der Waals surface area contributed by atoms with E-state index < -0.39 is 28.5 Å². The van der Waals surface area contributed by atoms with E-state index in [4.69, 9.17) is 21.1 Å². The first-order chi connectivity index (χ1) is 18.5. The van der Waals surface area contributed by atoms with Crippen LogP contribution in [0.25, 0.3) is 0 Å². The molecule has 0 spiro atoms. The number of esters is 1. The molecule has 1 N–H and O–H groups in total. The van der Waals surface area contributed by atoms with Gasteiger partial charge in [-0.05, 0) is 50.2 Å². The van der Waals surface area contributed by atoms with E-state index in [1.165, 1.54) is 46.8 Å². The molecule has 1 fully saturated rings. The second-order valence-electron chi connectivity index (χ2n) is 9.12. The minimum atomic E-state index is -3.87. The maximum absolute atomic E-state index is 13.2. The molecule has 1 aliphatic heterocycles. The van der Waals surface area contributed by atoms with Gasteiger partial charge in [0.2, 0.25) is 10.0 Å². The van der Waals surface area contributed by atoms with E-state index in [9.17, 15) is 22.8 Å². The number of ketones is 1. The van der Waals surface area contributed by atoms with Crippen molar-refractivity contribution in [2.45, 2.75) is 31.0 Å². The van der Waals surface area contributed by atoms with Crippen molar-refractivity contribution < 1.29 is 32.3 Å². The topological polar surface area (TPSA) is 119 Å². The Kier molecular flexibility index (Phi) is 8.81. The lowest BCUT2D eigenvalue weighted by Gasteiger charge is -2.34. The lowest BCUT2D eigenvalue weighted by Crippen LogP contribution is -2.48. The number of rotatable bonds is 8. The number of nitrogens with zero attached hydrogens (tertiary/aromatic N) is 1. The Bertz CT molecular complexity index is 1480. The van der Waals surface area contributed by atoms with Gasteiger partial charge in [0.05, 0.1) is 28.4 Å². The van der Waals surface area contributed by atoms with Crippen LogP contribution in [0, 0.1) is 0 Å². The van der Waals surface area contributed by atoms with Crippen molar-refractivity contribution in [3.63, 3.8) is 0 Å². The number of hydrogen-bond donors (Lipinski definition) is 1. The summed E-state index contributed by atoms with van der Waals surface area (Å²) in [6.07, 6.45) is -0.529. The van der Waals surface area contributed by atoms with Crippen molar-refractivity contribution in [1.29, 1.82) is 0 Å². The number of carbonyl (C=O) groups excluding carboxylic acids is 3. The van der Waals surface area contributed by atoms with E-state index >= 15 is 0 Å². The van der Waals surface area contributed by atoms with Crippen LogP contribution in [0.4, 0.5) is 5.69 Å². The maximum atomic E-state index is 13.2. The van der Waals surface area contributed by atoms with E-state index in [0.717, 1.165) is 0 Å². The number of ether oxygens (including phenoxy) is 2. The Hall–Kier alpha value is -3.57. The largest absolute Gasteiger partial charge is 0.452 e.